The highest BCUT2D eigenvalue weighted by molar-refractivity contribution is 5.25. The molecule has 1 aliphatic rings. The quantitative estimate of drug-likeness (QED) is 0.521. The molecule has 11 heavy (non-hydrogen) atoms. The van der Waals surface area contributed by atoms with Gasteiger partial charge in [0.25, 0.3) is 0 Å². The highest BCUT2D eigenvalue weighted by Crippen LogP contribution is 2.08. The van der Waals surface area contributed by atoms with Crippen molar-refractivity contribution in [3.05, 3.63) is 24.0 Å². The molecule has 0 amide bonds. The SMILES string of the molecule is CO/C1=C/C=C\CC#CC1F. The summed E-state index contributed by atoms with van der Waals surface area (Å²) < 4.78 is 17.7. The fourth-order valence-electron chi connectivity index (χ4n) is 0.766. The number of alkyl halides is 1. The topological polar surface area (TPSA) is 9.23 Å². The van der Waals surface area contributed by atoms with Crippen LogP contribution < -0.4 is 0 Å². The first-order valence-corrected chi connectivity index (χ1v) is 3.38. The Morgan fingerprint density at radius 1 is 1.73 bits per heavy atom. The van der Waals surface area contributed by atoms with Crippen molar-refractivity contribution in [3.8, 4) is 11.8 Å². The summed E-state index contributed by atoms with van der Waals surface area (Å²) in [4.78, 5) is 0. The number of ether oxygens (including phenoxy) is 1. The Balaban J connectivity index is 2.82. The number of allylic oxidation sites excluding steroid dienone is 4. The number of hydrogen-bond donors (Lipinski definition) is 0. The van der Waals surface area contributed by atoms with E-state index in [4.69, 9.17) is 4.74 Å². The van der Waals surface area contributed by atoms with Gasteiger partial charge in [0.15, 0.2) is 0 Å². The van der Waals surface area contributed by atoms with E-state index in [2.05, 4.69) is 11.8 Å². The van der Waals surface area contributed by atoms with Gasteiger partial charge in [0.1, 0.15) is 5.76 Å². The maximum atomic E-state index is 12.9. The molecule has 0 aromatic carbocycles. The van der Waals surface area contributed by atoms with Crippen LogP contribution in [0.3, 0.4) is 0 Å². The first-order chi connectivity index (χ1) is 5.34. The van der Waals surface area contributed by atoms with Crippen molar-refractivity contribution in [2.24, 2.45) is 0 Å². The van der Waals surface area contributed by atoms with Gasteiger partial charge in [-0.05, 0) is 6.08 Å². The Morgan fingerprint density at radius 3 is 3.27 bits per heavy atom. The van der Waals surface area contributed by atoms with Crippen molar-refractivity contribution >= 4 is 0 Å². The van der Waals surface area contributed by atoms with Gasteiger partial charge in [0, 0.05) is 6.42 Å². The maximum absolute atomic E-state index is 12.9. The number of hydrogen-bond acceptors (Lipinski definition) is 1. The Labute approximate surface area is 65.6 Å². The molecule has 0 aromatic rings. The molecule has 2 heteroatoms. The summed E-state index contributed by atoms with van der Waals surface area (Å²) >= 11 is 0. The van der Waals surface area contributed by atoms with E-state index in [1.165, 1.54) is 7.11 Å². The van der Waals surface area contributed by atoms with E-state index < -0.39 is 6.17 Å². The molecule has 0 aliphatic heterocycles. The van der Waals surface area contributed by atoms with Gasteiger partial charge < -0.3 is 4.74 Å². The Hall–Kier alpha value is -1.23. The second kappa shape index (κ2) is 3.82. The van der Waals surface area contributed by atoms with Gasteiger partial charge in [-0.15, -0.1) is 0 Å². The zero-order valence-electron chi connectivity index (χ0n) is 6.30. The van der Waals surface area contributed by atoms with Gasteiger partial charge in [-0.2, -0.15) is 0 Å². The molecule has 1 rings (SSSR count). The molecule has 58 valence electrons. The van der Waals surface area contributed by atoms with E-state index in [1.54, 1.807) is 12.2 Å². The molecule has 0 fully saturated rings. The van der Waals surface area contributed by atoms with Crippen LogP contribution in [0, 0.1) is 11.8 Å². The van der Waals surface area contributed by atoms with Gasteiger partial charge in [-0.3, -0.25) is 0 Å². The Morgan fingerprint density at radius 2 is 2.55 bits per heavy atom. The smallest absolute Gasteiger partial charge is 0.217 e. The van der Waals surface area contributed by atoms with Crippen LogP contribution in [-0.4, -0.2) is 13.3 Å². The summed E-state index contributed by atoms with van der Waals surface area (Å²) in [6.45, 7) is 0. The molecule has 0 N–H and O–H groups in total. The molecule has 0 bridgehead atoms. The number of methoxy groups -OCH3 is 1. The zero-order valence-corrected chi connectivity index (χ0v) is 6.30. The van der Waals surface area contributed by atoms with Crippen LogP contribution in [0.25, 0.3) is 0 Å². The fourth-order valence-corrected chi connectivity index (χ4v) is 0.766. The van der Waals surface area contributed by atoms with Crippen LogP contribution in [0.5, 0.6) is 0 Å². The summed E-state index contributed by atoms with van der Waals surface area (Å²) in [5, 5.41) is 0. The molecular weight excluding hydrogens is 143 g/mol. The molecule has 0 heterocycles. The average molecular weight is 152 g/mol. The van der Waals surface area contributed by atoms with Gasteiger partial charge in [-0.1, -0.05) is 24.0 Å². The Kier molecular flexibility index (Phi) is 2.74. The highest BCUT2D eigenvalue weighted by Gasteiger charge is 2.08. The third kappa shape index (κ3) is 2.12. The lowest BCUT2D eigenvalue weighted by molar-refractivity contribution is 0.231. The summed E-state index contributed by atoms with van der Waals surface area (Å²) in [5.74, 6) is 5.36. The van der Waals surface area contributed by atoms with E-state index in [0.29, 0.717) is 6.42 Å². The summed E-state index contributed by atoms with van der Waals surface area (Å²) in [6, 6.07) is 0. The van der Waals surface area contributed by atoms with Crippen LogP contribution in [0.15, 0.2) is 24.0 Å². The normalized spacial score (nSPS) is 30.0. The van der Waals surface area contributed by atoms with Gasteiger partial charge >= 0.3 is 0 Å². The lowest BCUT2D eigenvalue weighted by atomic mass is 10.2. The first-order valence-electron chi connectivity index (χ1n) is 3.38. The second-order valence-corrected chi connectivity index (χ2v) is 2.09. The van der Waals surface area contributed by atoms with E-state index >= 15 is 0 Å². The minimum Gasteiger partial charge on any atom is -0.497 e. The predicted molar refractivity (Wildman–Crippen MR) is 41.5 cm³/mol. The van der Waals surface area contributed by atoms with Crippen molar-refractivity contribution < 1.29 is 9.13 Å². The van der Waals surface area contributed by atoms with Crippen LogP contribution in [0.1, 0.15) is 6.42 Å². The molecule has 1 aliphatic carbocycles. The molecule has 0 saturated carbocycles. The lowest BCUT2D eigenvalue weighted by Gasteiger charge is -2.05. The third-order valence-electron chi connectivity index (χ3n) is 1.33. The second-order valence-electron chi connectivity index (χ2n) is 2.09. The highest BCUT2D eigenvalue weighted by atomic mass is 19.1. The summed E-state index contributed by atoms with van der Waals surface area (Å²) in [5.41, 5.74) is 0. The number of halogens is 1. The van der Waals surface area contributed by atoms with Gasteiger partial charge in [-0.25, -0.2) is 4.39 Å². The molecule has 0 aromatic heterocycles. The van der Waals surface area contributed by atoms with Crippen LogP contribution >= 0.6 is 0 Å². The molecular formula is C9H9FO. The van der Waals surface area contributed by atoms with Crippen molar-refractivity contribution in [2.45, 2.75) is 12.6 Å². The zero-order chi connectivity index (χ0) is 8.10. The maximum Gasteiger partial charge on any atom is 0.217 e. The lowest BCUT2D eigenvalue weighted by Crippen LogP contribution is -2.03. The van der Waals surface area contributed by atoms with Crippen molar-refractivity contribution in [2.75, 3.05) is 7.11 Å². The minimum absolute atomic E-state index is 0.272. The molecule has 0 radical (unpaired) electrons. The Bertz CT molecular complexity index is 242. The van der Waals surface area contributed by atoms with E-state index in [9.17, 15) is 4.39 Å². The van der Waals surface area contributed by atoms with E-state index in [1.807, 2.05) is 6.08 Å². The summed E-state index contributed by atoms with van der Waals surface area (Å²) in [6.07, 6.45) is 4.54. The predicted octanol–water partition coefficient (Wildman–Crippen LogP) is 1.82. The van der Waals surface area contributed by atoms with Crippen LogP contribution in [0.2, 0.25) is 0 Å². The number of rotatable bonds is 1. The summed E-state index contributed by atoms with van der Waals surface area (Å²) in [7, 11) is 1.44. The molecule has 1 nitrogen and oxygen atoms in total. The van der Waals surface area contributed by atoms with Crippen LogP contribution in [0.4, 0.5) is 4.39 Å². The van der Waals surface area contributed by atoms with E-state index in [-0.39, 0.29) is 5.76 Å². The largest absolute Gasteiger partial charge is 0.497 e. The molecule has 0 spiro atoms. The third-order valence-corrected chi connectivity index (χ3v) is 1.33. The average Bonchev–Trinajstić information content (AvgIpc) is 1.98. The van der Waals surface area contributed by atoms with Crippen molar-refractivity contribution in [1.82, 2.24) is 0 Å². The van der Waals surface area contributed by atoms with E-state index in [0.717, 1.165) is 0 Å². The van der Waals surface area contributed by atoms with Gasteiger partial charge in [0.2, 0.25) is 6.17 Å². The first kappa shape index (κ1) is 7.87. The molecule has 0 saturated heterocycles. The van der Waals surface area contributed by atoms with Gasteiger partial charge in [0.05, 0.1) is 7.11 Å². The standard InChI is InChI=1S/C9H9FO/c1-11-9-7-5-3-2-4-6-8(9)10/h3,5,7-8H,2H2,1H3/b5-3-,9-7+. The molecule has 1 unspecified atom stereocenters. The molecule has 1 atom stereocenters. The minimum atomic E-state index is -1.27. The monoisotopic (exact) mass is 152 g/mol. The van der Waals surface area contributed by atoms with Crippen LogP contribution in [-0.2, 0) is 4.74 Å². The van der Waals surface area contributed by atoms with Crippen molar-refractivity contribution in [1.29, 1.82) is 0 Å². The van der Waals surface area contributed by atoms with Crippen molar-refractivity contribution in [3.63, 3.8) is 0 Å². The fraction of sp³-hybridized carbons (Fsp3) is 0.333.